The highest BCUT2D eigenvalue weighted by molar-refractivity contribution is 6.77. The summed E-state index contributed by atoms with van der Waals surface area (Å²) in [7, 11) is -1.85. The third kappa shape index (κ3) is 3.73. The molecule has 0 unspecified atom stereocenters. The Morgan fingerprint density at radius 3 is 1.85 bits per heavy atom. The van der Waals surface area contributed by atoms with Gasteiger partial charge >= 0.3 is 5.97 Å². The summed E-state index contributed by atoms with van der Waals surface area (Å²) < 4.78 is 11.9. The maximum absolute atomic E-state index is 11.0. The zero-order chi connectivity index (χ0) is 15.5. The molecule has 0 aromatic heterocycles. The minimum Gasteiger partial charge on any atom is -0.458 e. The molecule has 0 heterocycles. The molecule has 0 saturated heterocycles. The molecule has 3 nitrogen and oxygen atoms in total. The molecule has 1 aliphatic carbocycles. The van der Waals surface area contributed by atoms with Gasteiger partial charge in [-0.15, -0.1) is 0 Å². The van der Waals surface area contributed by atoms with E-state index in [2.05, 4.69) is 47.6 Å². The normalized spacial score (nSPS) is 23.1. The fraction of sp³-hybridized carbons (Fsp3) is 0.812. The Morgan fingerprint density at radius 1 is 1.00 bits per heavy atom. The highest BCUT2D eigenvalue weighted by Crippen LogP contribution is 2.44. The first kappa shape index (κ1) is 17.4. The van der Waals surface area contributed by atoms with Gasteiger partial charge in [-0.1, -0.05) is 47.6 Å². The van der Waals surface area contributed by atoms with Crippen LogP contribution in [0.4, 0.5) is 0 Å². The highest BCUT2D eigenvalue weighted by atomic mass is 28.4. The van der Waals surface area contributed by atoms with Crippen LogP contribution in [0.3, 0.4) is 0 Å². The molecule has 0 saturated carbocycles. The van der Waals surface area contributed by atoms with Gasteiger partial charge < -0.3 is 9.16 Å². The monoisotopic (exact) mass is 298 g/mol. The summed E-state index contributed by atoms with van der Waals surface area (Å²) in [6.07, 6.45) is 4.78. The second kappa shape index (κ2) is 6.90. The number of carbonyl (C=O) groups excluding carboxylic acids is 1. The minimum atomic E-state index is -1.85. The first-order valence-electron chi connectivity index (χ1n) is 7.73. The maximum Gasteiger partial charge on any atom is 0.303 e. The van der Waals surface area contributed by atoms with Gasteiger partial charge in [-0.25, -0.2) is 0 Å². The molecule has 1 rings (SSSR count). The number of carbonyl (C=O) groups is 1. The largest absolute Gasteiger partial charge is 0.458 e. The molecule has 116 valence electrons. The molecular weight excluding hydrogens is 268 g/mol. The van der Waals surface area contributed by atoms with Crippen molar-refractivity contribution in [3.8, 4) is 0 Å². The van der Waals surface area contributed by atoms with Crippen molar-refractivity contribution in [2.24, 2.45) is 0 Å². The van der Waals surface area contributed by atoms with Gasteiger partial charge in [0.1, 0.15) is 6.10 Å². The van der Waals surface area contributed by atoms with Crippen LogP contribution >= 0.6 is 0 Å². The number of hydrogen-bond donors (Lipinski definition) is 0. The third-order valence-electron chi connectivity index (χ3n) is 4.38. The van der Waals surface area contributed by atoms with Crippen LogP contribution in [0.1, 0.15) is 54.9 Å². The van der Waals surface area contributed by atoms with Crippen molar-refractivity contribution in [2.75, 3.05) is 0 Å². The molecule has 0 amide bonds. The summed E-state index contributed by atoms with van der Waals surface area (Å²) in [5.41, 5.74) is 1.72. The minimum absolute atomic E-state index is 0.0956. The van der Waals surface area contributed by atoms with Gasteiger partial charge in [-0.3, -0.25) is 4.79 Å². The fourth-order valence-corrected chi connectivity index (χ4v) is 9.21. The van der Waals surface area contributed by atoms with E-state index in [9.17, 15) is 4.79 Å². The van der Waals surface area contributed by atoms with Crippen LogP contribution in [0, 0.1) is 0 Å². The van der Waals surface area contributed by atoms with Crippen molar-refractivity contribution in [1.29, 1.82) is 0 Å². The van der Waals surface area contributed by atoms with E-state index < -0.39 is 8.32 Å². The van der Waals surface area contributed by atoms with Crippen LogP contribution in [-0.4, -0.2) is 26.5 Å². The number of hydrogen-bond acceptors (Lipinski definition) is 3. The average molecular weight is 298 g/mol. The van der Waals surface area contributed by atoms with Crippen LogP contribution in [0.5, 0.6) is 0 Å². The van der Waals surface area contributed by atoms with Crippen LogP contribution in [0.25, 0.3) is 0 Å². The van der Waals surface area contributed by atoms with Crippen LogP contribution < -0.4 is 0 Å². The summed E-state index contributed by atoms with van der Waals surface area (Å²) in [5, 5.41) is 0. The van der Waals surface area contributed by atoms with Gasteiger partial charge in [0.05, 0.1) is 6.10 Å². The van der Waals surface area contributed by atoms with E-state index in [1.165, 1.54) is 6.92 Å². The Labute approximate surface area is 124 Å². The molecular formula is C16H30O3Si. The lowest BCUT2D eigenvalue weighted by Gasteiger charge is -2.43. The Morgan fingerprint density at radius 2 is 1.45 bits per heavy atom. The predicted molar refractivity (Wildman–Crippen MR) is 85.2 cm³/mol. The van der Waals surface area contributed by atoms with Gasteiger partial charge in [-0.05, 0) is 22.7 Å². The topological polar surface area (TPSA) is 35.5 Å². The summed E-state index contributed by atoms with van der Waals surface area (Å²) in [4.78, 5) is 11.0. The second-order valence-corrected chi connectivity index (χ2v) is 12.1. The fourth-order valence-electron chi connectivity index (χ4n) is 3.69. The van der Waals surface area contributed by atoms with E-state index in [0.717, 1.165) is 6.42 Å². The zero-order valence-electron chi connectivity index (χ0n) is 14.0. The third-order valence-corrected chi connectivity index (χ3v) is 10.5. The van der Waals surface area contributed by atoms with E-state index in [0.29, 0.717) is 16.6 Å². The summed E-state index contributed by atoms with van der Waals surface area (Å²) in [6, 6.07) is 0. The molecule has 0 aromatic carbocycles. The van der Waals surface area contributed by atoms with Crippen molar-refractivity contribution >= 4 is 14.3 Å². The molecule has 0 N–H and O–H groups in total. The molecule has 0 radical (unpaired) electrons. The van der Waals surface area contributed by atoms with E-state index in [-0.39, 0.29) is 18.2 Å². The Hall–Kier alpha value is -0.613. The zero-order valence-corrected chi connectivity index (χ0v) is 15.0. The smallest absolute Gasteiger partial charge is 0.303 e. The van der Waals surface area contributed by atoms with Gasteiger partial charge in [0, 0.05) is 13.3 Å². The van der Waals surface area contributed by atoms with Crippen molar-refractivity contribution in [1.82, 2.24) is 0 Å². The molecule has 2 atom stereocenters. The lowest BCUT2D eigenvalue weighted by Crippen LogP contribution is -2.49. The molecule has 1 aliphatic rings. The summed E-state index contributed by atoms with van der Waals surface area (Å²) >= 11 is 0. The Balaban J connectivity index is 2.78. The van der Waals surface area contributed by atoms with Gasteiger partial charge in [0.25, 0.3) is 0 Å². The summed E-state index contributed by atoms with van der Waals surface area (Å²) in [6.45, 7) is 15.2. The quantitative estimate of drug-likeness (QED) is 0.413. The first-order valence-corrected chi connectivity index (χ1v) is 9.87. The van der Waals surface area contributed by atoms with Crippen LogP contribution in [-0.2, 0) is 14.0 Å². The van der Waals surface area contributed by atoms with Crippen LogP contribution in [0.2, 0.25) is 16.6 Å². The van der Waals surface area contributed by atoms with E-state index in [1.807, 2.05) is 6.08 Å². The highest BCUT2D eigenvalue weighted by Gasteiger charge is 2.47. The standard InChI is InChI=1S/C16H30O3Si/c1-11(2)20(12(3)4,13(5)6)19-16-9-8-15(10-16)18-14(7)17/h8-9,11-13,15-16H,10H2,1-7H3/t15-,16+/m1/s1. The van der Waals surface area contributed by atoms with Crippen molar-refractivity contribution in [3.63, 3.8) is 0 Å². The summed E-state index contributed by atoms with van der Waals surface area (Å²) in [5.74, 6) is -0.222. The van der Waals surface area contributed by atoms with Gasteiger partial charge in [0.2, 0.25) is 8.32 Å². The van der Waals surface area contributed by atoms with Crippen molar-refractivity contribution < 1.29 is 14.0 Å². The maximum atomic E-state index is 11.0. The number of rotatable bonds is 6. The molecule has 20 heavy (non-hydrogen) atoms. The lowest BCUT2D eigenvalue weighted by molar-refractivity contribution is -0.144. The average Bonchev–Trinajstić information content (AvgIpc) is 2.70. The van der Waals surface area contributed by atoms with E-state index in [4.69, 9.17) is 9.16 Å². The van der Waals surface area contributed by atoms with Crippen molar-refractivity contribution in [2.45, 2.75) is 83.7 Å². The van der Waals surface area contributed by atoms with Crippen molar-refractivity contribution in [3.05, 3.63) is 12.2 Å². The Bertz CT molecular complexity index is 339. The van der Waals surface area contributed by atoms with Crippen LogP contribution in [0.15, 0.2) is 12.2 Å². The second-order valence-electron chi connectivity index (χ2n) is 6.74. The van der Waals surface area contributed by atoms with E-state index in [1.54, 1.807) is 0 Å². The van der Waals surface area contributed by atoms with Gasteiger partial charge in [0.15, 0.2) is 0 Å². The molecule has 4 heteroatoms. The lowest BCUT2D eigenvalue weighted by atomic mass is 10.3. The first-order chi connectivity index (χ1) is 9.20. The molecule has 0 fully saturated rings. The molecule has 0 spiro atoms. The number of esters is 1. The number of ether oxygens (including phenoxy) is 1. The Kier molecular flexibility index (Phi) is 6.01. The van der Waals surface area contributed by atoms with Gasteiger partial charge in [-0.2, -0.15) is 0 Å². The van der Waals surface area contributed by atoms with E-state index >= 15 is 0 Å². The predicted octanol–water partition coefficient (Wildman–Crippen LogP) is 4.44. The SMILES string of the molecule is CC(=O)O[C@@H]1C=C[C@H](O[Si](C(C)C)(C(C)C)C(C)C)C1. The molecule has 0 bridgehead atoms. The molecule has 0 aliphatic heterocycles. The molecule has 0 aromatic rings.